The first-order chi connectivity index (χ1) is 18.7. The van der Waals surface area contributed by atoms with Crippen LogP contribution < -0.4 is 5.32 Å². The second kappa shape index (κ2) is 11.5. The molecule has 1 atom stereocenters. The zero-order valence-electron chi connectivity index (χ0n) is 22.2. The van der Waals surface area contributed by atoms with Crippen molar-refractivity contribution in [3.8, 4) is 17.2 Å². The summed E-state index contributed by atoms with van der Waals surface area (Å²) in [7, 11) is 1.79. The molecule has 0 bridgehead atoms. The molecule has 3 aromatic heterocycles. The lowest BCUT2D eigenvalue weighted by atomic mass is 9.88. The Kier molecular flexibility index (Phi) is 8.11. The highest BCUT2D eigenvalue weighted by Crippen LogP contribution is 2.40. The number of rotatable bonds is 8. The third kappa shape index (κ3) is 5.75. The molecular formula is C27H29ClN6O3S2. The molecule has 1 amide bonds. The molecule has 1 aromatic carbocycles. The van der Waals surface area contributed by atoms with Crippen molar-refractivity contribution in [2.24, 2.45) is 13.0 Å². The maximum atomic E-state index is 13.2. The number of carbonyl (C=O) groups excluding carboxylic acids is 2. The van der Waals surface area contributed by atoms with E-state index in [0.29, 0.717) is 38.2 Å². The largest absolute Gasteiger partial charge is 0.462 e. The van der Waals surface area contributed by atoms with Crippen LogP contribution >= 0.6 is 34.7 Å². The Hall–Kier alpha value is -3.15. The minimum Gasteiger partial charge on any atom is -0.462 e. The van der Waals surface area contributed by atoms with Gasteiger partial charge in [-0.15, -0.1) is 21.5 Å². The second-order valence-electron chi connectivity index (χ2n) is 9.59. The number of thioether (sulfide) groups is 1. The molecule has 0 fully saturated rings. The Bertz CT molecular complexity index is 1540. The minimum atomic E-state index is -0.386. The van der Waals surface area contributed by atoms with Gasteiger partial charge in [-0.1, -0.05) is 42.4 Å². The number of benzene rings is 1. The van der Waals surface area contributed by atoms with Crippen LogP contribution in [-0.2, 0) is 29.4 Å². The van der Waals surface area contributed by atoms with Gasteiger partial charge in [0, 0.05) is 18.1 Å². The van der Waals surface area contributed by atoms with Crippen LogP contribution in [0, 0.1) is 12.8 Å². The monoisotopic (exact) mass is 584 g/mol. The van der Waals surface area contributed by atoms with Crippen LogP contribution in [0.3, 0.4) is 0 Å². The summed E-state index contributed by atoms with van der Waals surface area (Å²) in [5, 5.41) is 17.7. The summed E-state index contributed by atoms with van der Waals surface area (Å²) < 4.78 is 8.81. The lowest BCUT2D eigenvalue weighted by Crippen LogP contribution is -2.18. The number of aryl methyl sites for hydroxylation is 2. The number of thiophene rings is 1. The molecule has 0 saturated heterocycles. The number of hydrogen-bond acceptors (Lipinski definition) is 8. The van der Waals surface area contributed by atoms with Gasteiger partial charge in [0.15, 0.2) is 11.0 Å². The third-order valence-electron chi connectivity index (χ3n) is 6.47. The molecule has 5 rings (SSSR count). The Balaban J connectivity index is 1.41. The number of nitrogens with one attached hydrogen (secondary N) is 1. The number of esters is 1. The van der Waals surface area contributed by atoms with E-state index in [2.05, 4.69) is 27.5 Å². The van der Waals surface area contributed by atoms with E-state index in [0.717, 1.165) is 41.0 Å². The molecule has 0 saturated carbocycles. The summed E-state index contributed by atoms with van der Waals surface area (Å²) in [6, 6.07) is 7.91. The molecule has 204 valence electrons. The fourth-order valence-corrected chi connectivity index (χ4v) is 7.11. The minimum absolute atomic E-state index is 0.0706. The van der Waals surface area contributed by atoms with Gasteiger partial charge < -0.3 is 10.1 Å². The number of fused-ring (bicyclic) bond motifs is 1. The topological polar surface area (TPSA) is 104 Å². The van der Waals surface area contributed by atoms with E-state index in [4.69, 9.17) is 16.3 Å². The number of carbonyl (C=O) groups is 2. The summed E-state index contributed by atoms with van der Waals surface area (Å²) in [5.74, 6) is 0.469. The standard InChI is InChI=1S/C27H29ClN6O3S2/c1-5-37-26(36)22-18-10-9-16(3)12-20(18)39-25(22)29-21(35)14-38-27-31-30-24(23-19(28)13-33(4)32-23)34(27)17-8-6-7-15(2)11-17/h6-8,11,13,16H,5,9-10,12,14H2,1-4H3,(H,29,35). The van der Waals surface area contributed by atoms with Crippen molar-refractivity contribution < 1.29 is 14.3 Å². The van der Waals surface area contributed by atoms with Gasteiger partial charge in [0.05, 0.1) is 28.6 Å². The fraction of sp³-hybridized carbons (Fsp3) is 0.370. The van der Waals surface area contributed by atoms with Crippen LogP contribution in [-0.4, -0.2) is 48.8 Å². The molecule has 0 radical (unpaired) electrons. The van der Waals surface area contributed by atoms with Gasteiger partial charge in [-0.25, -0.2) is 4.79 Å². The van der Waals surface area contributed by atoms with Crippen LogP contribution in [0.5, 0.6) is 0 Å². The van der Waals surface area contributed by atoms with Gasteiger partial charge in [0.25, 0.3) is 0 Å². The van der Waals surface area contributed by atoms with Crippen LogP contribution in [0.25, 0.3) is 17.2 Å². The maximum Gasteiger partial charge on any atom is 0.341 e. The van der Waals surface area contributed by atoms with Crippen LogP contribution in [0.2, 0.25) is 5.02 Å². The van der Waals surface area contributed by atoms with E-state index >= 15 is 0 Å². The number of hydrogen-bond donors (Lipinski definition) is 1. The Morgan fingerprint density at radius 2 is 2.13 bits per heavy atom. The Morgan fingerprint density at radius 3 is 2.85 bits per heavy atom. The van der Waals surface area contributed by atoms with E-state index < -0.39 is 0 Å². The van der Waals surface area contributed by atoms with Gasteiger partial charge in [0.1, 0.15) is 10.7 Å². The predicted molar refractivity (Wildman–Crippen MR) is 154 cm³/mol. The highest BCUT2D eigenvalue weighted by atomic mass is 35.5. The molecule has 1 aliphatic rings. The summed E-state index contributed by atoms with van der Waals surface area (Å²) in [6.07, 6.45) is 4.42. The van der Waals surface area contributed by atoms with Crippen molar-refractivity contribution in [1.29, 1.82) is 0 Å². The number of ether oxygens (including phenoxy) is 1. The van der Waals surface area contributed by atoms with E-state index in [1.54, 1.807) is 24.9 Å². The first-order valence-electron chi connectivity index (χ1n) is 12.7. The maximum absolute atomic E-state index is 13.2. The highest BCUT2D eigenvalue weighted by Gasteiger charge is 2.29. The summed E-state index contributed by atoms with van der Waals surface area (Å²) >= 11 is 9.17. The second-order valence-corrected chi connectivity index (χ2v) is 12.0. The van der Waals surface area contributed by atoms with E-state index in [1.165, 1.54) is 23.1 Å². The average Bonchev–Trinajstić information content (AvgIpc) is 3.56. The highest BCUT2D eigenvalue weighted by molar-refractivity contribution is 7.99. The SMILES string of the molecule is CCOC(=O)c1c(NC(=O)CSc2nnc(-c3nn(C)cc3Cl)n2-c2cccc(C)c2)sc2c1CCC(C)C2. The van der Waals surface area contributed by atoms with Gasteiger partial charge in [-0.05, 0) is 62.3 Å². The number of halogens is 1. The summed E-state index contributed by atoms with van der Waals surface area (Å²) in [4.78, 5) is 27.1. The first-order valence-corrected chi connectivity index (χ1v) is 14.9. The molecule has 1 unspecified atom stereocenters. The molecule has 0 aliphatic heterocycles. The molecule has 12 heteroatoms. The van der Waals surface area contributed by atoms with Gasteiger partial charge in [0.2, 0.25) is 5.91 Å². The van der Waals surface area contributed by atoms with Crippen LogP contribution in [0.1, 0.15) is 46.6 Å². The van der Waals surface area contributed by atoms with Crippen LogP contribution in [0.15, 0.2) is 35.6 Å². The molecule has 4 aromatic rings. The average molecular weight is 585 g/mol. The van der Waals surface area contributed by atoms with Gasteiger partial charge >= 0.3 is 5.97 Å². The quantitative estimate of drug-likeness (QED) is 0.208. The summed E-state index contributed by atoms with van der Waals surface area (Å²) in [6.45, 7) is 6.27. The van der Waals surface area contributed by atoms with Crippen molar-refractivity contribution in [1.82, 2.24) is 24.5 Å². The molecule has 39 heavy (non-hydrogen) atoms. The zero-order valence-corrected chi connectivity index (χ0v) is 24.5. The van der Waals surface area contributed by atoms with Crippen molar-refractivity contribution >= 4 is 51.6 Å². The van der Waals surface area contributed by atoms with Crippen molar-refractivity contribution in [2.45, 2.75) is 45.2 Å². The van der Waals surface area contributed by atoms with Gasteiger partial charge in [-0.2, -0.15) is 5.10 Å². The summed E-state index contributed by atoms with van der Waals surface area (Å²) in [5.41, 5.74) is 3.91. The fourth-order valence-electron chi connectivity index (χ4n) is 4.68. The molecule has 9 nitrogen and oxygen atoms in total. The van der Waals surface area contributed by atoms with Crippen molar-refractivity contribution in [2.75, 3.05) is 17.7 Å². The molecule has 1 aliphatic carbocycles. The van der Waals surface area contributed by atoms with Gasteiger partial charge in [-0.3, -0.25) is 14.0 Å². The third-order valence-corrected chi connectivity index (χ3v) is 8.84. The predicted octanol–water partition coefficient (Wildman–Crippen LogP) is 5.72. The molecule has 1 N–H and O–H groups in total. The molecular weight excluding hydrogens is 556 g/mol. The molecule has 0 spiro atoms. The number of anilines is 1. The molecule has 3 heterocycles. The zero-order chi connectivity index (χ0) is 27.7. The van der Waals surface area contributed by atoms with E-state index in [1.807, 2.05) is 35.8 Å². The van der Waals surface area contributed by atoms with Crippen LogP contribution in [0.4, 0.5) is 5.00 Å². The number of nitrogens with zero attached hydrogens (tertiary/aromatic N) is 5. The number of aromatic nitrogens is 5. The number of amides is 1. The van der Waals surface area contributed by atoms with E-state index in [9.17, 15) is 9.59 Å². The normalized spacial score (nSPS) is 14.7. The van der Waals surface area contributed by atoms with Crippen molar-refractivity contribution in [3.05, 3.63) is 57.1 Å². The lowest BCUT2D eigenvalue weighted by Gasteiger charge is -2.18. The first kappa shape index (κ1) is 27.4. The smallest absolute Gasteiger partial charge is 0.341 e. The van der Waals surface area contributed by atoms with E-state index in [-0.39, 0.29) is 24.2 Å². The Labute approximate surface area is 239 Å². The Morgan fingerprint density at radius 1 is 1.31 bits per heavy atom. The lowest BCUT2D eigenvalue weighted by molar-refractivity contribution is -0.113. The van der Waals surface area contributed by atoms with Crippen molar-refractivity contribution in [3.63, 3.8) is 0 Å².